The summed E-state index contributed by atoms with van der Waals surface area (Å²) < 4.78 is 9.22. The lowest BCUT2D eigenvalue weighted by Crippen LogP contribution is -2.27. The Hall–Kier alpha value is -2.61. The highest BCUT2D eigenvalue weighted by molar-refractivity contribution is 6.30. The Morgan fingerprint density at radius 1 is 1.39 bits per heavy atom. The number of benzene rings is 1. The highest BCUT2D eigenvalue weighted by Gasteiger charge is 2.24. The maximum atomic E-state index is 11.8. The first-order valence-electron chi connectivity index (χ1n) is 6.76. The first-order valence-corrected chi connectivity index (χ1v) is 7.14. The molecule has 8 nitrogen and oxygen atoms in total. The van der Waals surface area contributed by atoms with Crippen molar-refractivity contribution in [1.82, 2.24) is 10.5 Å². The second-order valence-electron chi connectivity index (χ2n) is 4.62. The maximum Gasteiger partial charge on any atom is 0.389 e. The van der Waals surface area contributed by atoms with Crippen molar-refractivity contribution in [2.75, 3.05) is 13.2 Å². The number of nitrogens with zero attached hydrogens (tertiary/aromatic N) is 2. The van der Waals surface area contributed by atoms with Gasteiger partial charge in [0.25, 0.3) is 5.91 Å². The number of halogens is 1. The summed E-state index contributed by atoms with van der Waals surface area (Å²) in [5.41, 5.74) is 0.362. The second kappa shape index (κ2) is 7.59. The molecule has 0 aliphatic carbocycles. The largest absolute Gasteiger partial charge is 0.459 e. The van der Waals surface area contributed by atoms with Gasteiger partial charge in [0.2, 0.25) is 5.69 Å². The molecule has 9 heteroatoms. The average Bonchev–Trinajstić information content (AvgIpc) is 2.87. The first kappa shape index (κ1) is 16.8. The number of hydrogen-bond donors (Lipinski definition) is 1. The third kappa shape index (κ3) is 4.43. The summed E-state index contributed by atoms with van der Waals surface area (Å²) in [7, 11) is 0. The van der Waals surface area contributed by atoms with Gasteiger partial charge in [0.15, 0.2) is 0 Å². The van der Waals surface area contributed by atoms with E-state index in [1.165, 1.54) is 6.92 Å². The Kier molecular flexibility index (Phi) is 5.53. The van der Waals surface area contributed by atoms with E-state index in [-0.39, 0.29) is 28.8 Å². The summed E-state index contributed by atoms with van der Waals surface area (Å²) >= 11 is 5.74. The topological polar surface area (TPSA) is 108 Å². The van der Waals surface area contributed by atoms with Crippen molar-refractivity contribution >= 4 is 23.5 Å². The molecule has 1 aromatic heterocycles. The van der Waals surface area contributed by atoms with Crippen molar-refractivity contribution in [3.63, 3.8) is 0 Å². The van der Waals surface area contributed by atoms with Crippen LogP contribution in [-0.4, -0.2) is 30.2 Å². The molecule has 2 aromatic rings. The predicted molar refractivity (Wildman–Crippen MR) is 78.9 cm³/mol. The van der Waals surface area contributed by atoms with Crippen molar-refractivity contribution in [3.8, 4) is 0 Å². The molecule has 1 N–H and O–H groups in total. The zero-order chi connectivity index (χ0) is 16.8. The quantitative estimate of drug-likeness (QED) is 0.482. The Bertz CT molecular complexity index is 699. The first-order chi connectivity index (χ1) is 11.0. The minimum Gasteiger partial charge on any atom is -0.459 e. The van der Waals surface area contributed by atoms with Crippen LogP contribution in [-0.2, 0) is 4.74 Å². The number of aromatic nitrogens is 2. The molecule has 0 aliphatic heterocycles. The monoisotopic (exact) mass is 339 g/mol. The fraction of sp³-hybridized carbons (Fsp3) is 0.286. The van der Waals surface area contributed by atoms with Crippen LogP contribution in [0, 0.1) is 12.1 Å². The fourth-order valence-electron chi connectivity index (χ4n) is 1.69. The van der Waals surface area contributed by atoms with Crippen molar-refractivity contribution in [1.29, 1.82) is 0 Å². The van der Waals surface area contributed by atoms with Gasteiger partial charge in [-0.2, -0.15) is 0 Å². The van der Waals surface area contributed by atoms with Crippen LogP contribution in [0.4, 0.5) is 0 Å². The van der Waals surface area contributed by atoms with E-state index in [0.29, 0.717) is 23.6 Å². The summed E-state index contributed by atoms with van der Waals surface area (Å²) in [4.78, 5) is 23.6. The van der Waals surface area contributed by atoms with Crippen molar-refractivity contribution in [2.45, 2.75) is 13.3 Å². The molecule has 0 saturated heterocycles. The van der Waals surface area contributed by atoms with E-state index < -0.39 is 5.97 Å². The average molecular weight is 340 g/mol. The van der Waals surface area contributed by atoms with Gasteiger partial charge in [0, 0.05) is 24.1 Å². The number of rotatable bonds is 6. The maximum absolute atomic E-state index is 11.8. The van der Waals surface area contributed by atoms with Gasteiger partial charge in [-0.15, -0.1) is 0 Å². The van der Waals surface area contributed by atoms with Gasteiger partial charge >= 0.3 is 11.7 Å². The highest BCUT2D eigenvalue weighted by atomic mass is 35.5. The summed E-state index contributed by atoms with van der Waals surface area (Å²) in [5, 5.41) is 17.5. The molecule has 0 unspecified atom stereocenters. The summed E-state index contributed by atoms with van der Waals surface area (Å²) in [6, 6.07) is 6.48. The van der Waals surface area contributed by atoms with Gasteiger partial charge < -0.3 is 15.3 Å². The van der Waals surface area contributed by atoms with Crippen LogP contribution in [0.3, 0.4) is 0 Å². The van der Waals surface area contributed by atoms with Gasteiger partial charge in [-0.25, -0.2) is 4.79 Å². The minimum absolute atomic E-state index is 0.0334. The molecule has 0 atom stereocenters. The van der Waals surface area contributed by atoms with Crippen LogP contribution < -0.4 is 10.2 Å². The molecule has 23 heavy (non-hydrogen) atoms. The fourth-order valence-corrected chi connectivity index (χ4v) is 1.81. The molecule has 0 radical (unpaired) electrons. The molecular formula is C14H14ClN3O5. The van der Waals surface area contributed by atoms with Gasteiger partial charge in [-0.05, 0) is 35.6 Å². The lowest BCUT2D eigenvalue weighted by Gasteiger charge is -2.05. The molecule has 122 valence electrons. The van der Waals surface area contributed by atoms with E-state index in [1.807, 2.05) is 0 Å². The zero-order valence-electron chi connectivity index (χ0n) is 12.2. The Balaban J connectivity index is 1.69. The van der Waals surface area contributed by atoms with Crippen LogP contribution in [0.1, 0.15) is 33.0 Å². The Morgan fingerprint density at radius 2 is 2.09 bits per heavy atom. The number of nitrogens with one attached hydrogen (secondary N) is 1. The molecule has 0 fully saturated rings. The third-order valence-corrected chi connectivity index (χ3v) is 3.21. The van der Waals surface area contributed by atoms with Crippen molar-refractivity contribution in [3.05, 3.63) is 51.4 Å². The molecule has 0 bridgehead atoms. The number of ether oxygens (including phenoxy) is 1. The van der Waals surface area contributed by atoms with E-state index in [4.69, 9.17) is 16.3 Å². The van der Waals surface area contributed by atoms with E-state index in [0.717, 1.165) is 0 Å². The van der Waals surface area contributed by atoms with Crippen LogP contribution in [0.15, 0.2) is 28.9 Å². The van der Waals surface area contributed by atoms with Crippen LogP contribution in [0.25, 0.3) is 0 Å². The normalized spacial score (nSPS) is 10.3. The van der Waals surface area contributed by atoms with Gasteiger partial charge in [0.1, 0.15) is 0 Å². The molecule has 2 rings (SSSR count). The second-order valence-corrected chi connectivity index (χ2v) is 5.05. The van der Waals surface area contributed by atoms with Gasteiger partial charge in [-0.1, -0.05) is 11.6 Å². The minimum atomic E-state index is -0.745. The molecule has 0 spiro atoms. The smallest absolute Gasteiger partial charge is 0.389 e. The van der Waals surface area contributed by atoms with E-state index in [1.54, 1.807) is 24.3 Å². The van der Waals surface area contributed by atoms with Crippen molar-refractivity contribution < 1.29 is 23.9 Å². The standard InChI is InChI=1S/C14H14ClN3O5/c1-9-12(17-23-18(9)21)14(20)22-8-2-7-16-13(19)10-3-5-11(15)6-4-10/h3-6H,2,7-8H2,1H3,(H,16,19). The van der Waals surface area contributed by atoms with Gasteiger partial charge in [0.05, 0.1) is 11.8 Å². The van der Waals surface area contributed by atoms with E-state index in [2.05, 4.69) is 15.1 Å². The third-order valence-electron chi connectivity index (χ3n) is 2.96. The predicted octanol–water partition coefficient (Wildman–Crippen LogP) is 1.25. The summed E-state index contributed by atoms with van der Waals surface area (Å²) in [6.45, 7) is 1.80. The van der Waals surface area contributed by atoms with Crippen LogP contribution in [0.2, 0.25) is 5.02 Å². The summed E-state index contributed by atoms with van der Waals surface area (Å²) in [6.07, 6.45) is 0.416. The molecule has 1 heterocycles. The van der Waals surface area contributed by atoms with Gasteiger partial charge in [-0.3, -0.25) is 9.42 Å². The van der Waals surface area contributed by atoms with Crippen LogP contribution in [0.5, 0.6) is 0 Å². The molecule has 1 aromatic carbocycles. The number of amides is 1. The van der Waals surface area contributed by atoms with E-state index >= 15 is 0 Å². The van der Waals surface area contributed by atoms with Crippen molar-refractivity contribution in [2.24, 2.45) is 0 Å². The Morgan fingerprint density at radius 3 is 2.70 bits per heavy atom. The zero-order valence-corrected chi connectivity index (χ0v) is 13.0. The molecule has 0 saturated carbocycles. The lowest BCUT2D eigenvalue weighted by molar-refractivity contribution is -0.806. The lowest BCUT2D eigenvalue weighted by atomic mass is 10.2. The highest BCUT2D eigenvalue weighted by Crippen LogP contribution is 2.09. The number of carbonyl (C=O) groups excluding carboxylic acids is 2. The van der Waals surface area contributed by atoms with E-state index in [9.17, 15) is 14.8 Å². The molecule has 1 amide bonds. The molecular weight excluding hydrogens is 326 g/mol. The number of hydrogen-bond acceptors (Lipinski definition) is 6. The SMILES string of the molecule is Cc1c(C(=O)OCCCNC(=O)c2ccc(Cl)cc2)no[n+]1[O-]. The van der Waals surface area contributed by atoms with Crippen LogP contribution >= 0.6 is 11.6 Å². The molecule has 0 aliphatic rings. The Labute approximate surface area is 136 Å². The number of carbonyl (C=O) groups is 2. The summed E-state index contributed by atoms with van der Waals surface area (Å²) in [5.74, 6) is -0.988. The number of esters is 1.